The molecule has 0 aliphatic heterocycles. The van der Waals surface area contributed by atoms with Crippen molar-refractivity contribution in [3.63, 3.8) is 0 Å². The van der Waals surface area contributed by atoms with E-state index in [1.807, 2.05) is 0 Å². The minimum atomic E-state index is -4.17. The van der Waals surface area contributed by atoms with Gasteiger partial charge in [-0.25, -0.2) is 13.8 Å². The second kappa shape index (κ2) is 7.59. The average molecular weight is 326 g/mol. The summed E-state index contributed by atoms with van der Waals surface area (Å²) in [6, 6.07) is 3.72. The van der Waals surface area contributed by atoms with Gasteiger partial charge in [-0.05, 0) is 38.1 Å². The molecule has 0 heterocycles. The highest BCUT2D eigenvalue weighted by Crippen LogP contribution is 2.53. The molecule has 1 aromatic rings. The molecular formula is C11H14ClFNO5P. The summed E-state index contributed by atoms with van der Waals surface area (Å²) in [6.07, 6.45) is 0. The molecule has 9 heteroatoms. The first-order chi connectivity index (χ1) is 9.34. The van der Waals surface area contributed by atoms with Crippen LogP contribution in [0.3, 0.4) is 0 Å². The van der Waals surface area contributed by atoms with Gasteiger partial charge in [0.05, 0.1) is 6.61 Å². The van der Waals surface area contributed by atoms with Crippen LogP contribution in [0.2, 0.25) is 0 Å². The topological polar surface area (TPSA) is 73.9 Å². The van der Waals surface area contributed by atoms with Crippen molar-refractivity contribution in [2.24, 2.45) is 0 Å². The zero-order valence-corrected chi connectivity index (χ0v) is 12.5. The van der Waals surface area contributed by atoms with Crippen LogP contribution in [0.15, 0.2) is 24.3 Å². The Morgan fingerprint density at radius 1 is 1.45 bits per heavy atom. The standard InChI is InChI=1S/C11H14ClFNO5P/c1-3-17-14-8(2)11(15)19-20(12,16)18-10-6-4-9(13)5-7-10/h4-8,14H,3H2,1-2H3/t8-,20?/m0/s1. The third-order valence-electron chi connectivity index (χ3n) is 1.99. The highest BCUT2D eigenvalue weighted by molar-refractivity contribution is 7.82. The summed E-state index contributed by atoms with van der Waals surface area (Å²) in [5, 5.41) is 0. The molecule has 2 atom stereocenters. The number of halogens is 2. The predicted molar refractivity (Wildman–Crippen MR) is 70.8 cm³/mol. The Morgan fingerprint density at radius 2 is 2.05 bits per heavy atom. The lowest BCUT2D eigenvalue weighted by atomic mass is 10.3. The number of rotatable bonds is 7. The van der Waals surface area contributed by atoms with E-state index in [2.05, 4.69) is 10.0 Å². The molecule has 0 amide bonds. The number of hydrogen-bond donors (Lipinski definition) is 1. The third kappa shape index (κ3) is 5.88. The van der Waals surface area contributed by atoms with E-state index in [0.29, 0.717) is 6.61 Å². The Bertz CT molecular complexity index is 498. The van der Waals surface area contributed by atoms with Crippen molar-refractivity contribution in [3.8, 4) is 5.75 Å². The summed E-state index contributed by atoms with van der Waals surface area (Å²) in [6.45, 7) is -0.677. The van der Waals surface area contributed by atoms with Crippen molar-refractivity contribution >= 4 is 24.2 Å². The SMILES string of the molecule is CCON[C@@H](C)C(=O)OP(=O)(Cl)Oc1ccc(F)cc1. The summed E-state index contributed by atoms with van der Waals surface area (Å²) in [7, 11) is 0. The Hall–Kier alpha value is -1.14. The Morgan fingerprint density at radius 3 is 2.60 bits per heavy atom. The van der Waals surface area contributed by atoms with Crippen molar-refractivity contribution in [2.45, 2.75) is 19.9 Å². The molecule has 0 spiro atoms. The average Bonchev–Trinajstić information content (AvgIpc) is 2.37. The lowest BCUT2D eigenvalue weighted by molar-refractivity contribution is -0.140. The van der Waals surface area contributed by atoms with Gasteiger partial charge in [0.15, 0.2) is 0 Å². The first-order valence-corrected chi connectivity index (χ1v) is 8.14. The summed E-state index contributed by atoms with van der Waals surface area (Å²) in [4.78, 5) is 16.3. The van der Waals surface area contributed by atoms with Gasteiger partial charge >= 0.3 is 12.9 Å². The molecule has 0 bridgehead atoms. The maximum absolute atomic E-state index is 12.7. The molecule has 20 heavy (non-hydrogen) atoms. The van der Waals surface area contributed by atoms with Crippen molar-refractivity contribution in [1.82, 2.24) is 5.48 Å². The smallest absolute Gasteiger partial charge is 0.405 e. The van der Waals surface area contributed by atoms with Crippen LogP contribution in [-0.4, -0.2) is 18.6 Å². The van der Waals surface area contributed by atoms with Crippen LogP contribution < -0.4 is 10.0 Å². The Balaban J connectivity index is 2.58. The van der Waals surface area contributed by atoms with Crippen LogP contribution >= 0.6 is 18.2 Å². The monoisotopic (exact) mass is 325 g/mol. The zero-order chi connectivity index (χ0) is 15.2. The van der Waals surface area contributed by atoms with Crippen LogP contribution in [0.5, 0.6) is 5.75 Å². The number of nitrogens with one attached hydrogen (secondary N) is 1. The fourth-order valence-electron chi connectivity index (χ4n) is 1.08. The molecular weight excluding hydrogens is 312 g/mol. The molecule has 1 N–H and O–H groups in total. The molecule has 0 aliphatic rings. The van der Waals surface area contributed by atoms with E-state index < -0.39 is 24.8 Å². The zero-order valence-electron chi connectivity index (χ0n) is 10.8. The molecule has 1 rings (SSSR count). The maximum atomic E-state index is 12.7. The van der Waals surface area contributed by atoms with E-state index in [0.717, 1.165) is 12.1 Å². The van der Waals surface area contributed by atoms with E-state index in [4.69, 9.17) is 20.6 Å². The van der Waals surface area contributed by atoms with E-state index in [1.165, 1.54) is 19.1 Å². The van der Waals surface area contributed by atoms with Crippen LogP contribution in [0, 0.1) is 5.82 Å². The van der Waals surface area contributed by atoms with Gasteiger partial charge in [0.1, 0.15) is 17.6 Å². The molecule has 0 saturated carbocycles. The molecule has 0 aromatic heterocycles. The summed E-state index contributed by atoms with van der Waals surface area (Å²) < 4.78 is 33.9. The van der Waals surface area contributed by atoms with Crippen molar-refractivity contribution in [1.29, 1.82) is 0 Å². The van der Waals surface area contributed by atoms with E-state index in [9.17, 15) is 13.8 Å². The molecule has 0 aliphatic carbocycles. The maximum Gasteiger partial charge on any atom is 0.532 e. The minimum absolute atomic E-state index is 0.0166. The summed E-state index contributed by atoms with van der Waals surface area (Å²) in [5.74, 6) is -1.38. The minimum Gasteiger partial charge on any atom is -0.405 e. The normalized spacial score (nSPS) is 15.2. The largest absolute Gasteiger partial charge is 0.532 e. The number of carbonyl (C=O) groups is 1. The van der Waals surface area contributed by atoms with Gasteiger partial charge in [0.2, 0.25) is 0 Å². The van der Waals surface area contributed by atoms with Gasteiger partial charge in [0, 0.05) is 11.2 Å². The number of benzene rings is 1. The second-order valence-corrected chi connectivity index (χ2v) is 6.13. The quantitative estimate of drug-likeness (QED) is 0.613. The Labute approximate surface area is 120 Å². The van der Waals surface area contributed by atoms with Crippen molar-refractivity contribution < 1.29 is 27.6 Å². The van der Waals surface area contributed by atoms with Gasteiger partial charge < -0.3 is 13.9 Å². The van der Waals surface area contributed by atoms with Gasteiger partial charge in [-0.2, -0.15) is 5.48 Å². The summed E-state index contributed by atoms with van der Waals surface area (Å²) >= 11 is 5.51. The first-order valence-electron chi connectivity index (χ1n) is 5.69. The Kier molecular flexibility index (Phi) is 6.42. The highest BCUT2D eigenvalue weighted by atomic mass is 35.7. The molecule has 1 aromatic carbocycles. The second-order valence-electron chi connectivity index (χ2n) is 3.66. The molecule has 112 valence electrons. The fourth-order valence-corrected chi connectivity index (χ4v) is 2.31. The van der Waals surface area contributed by atoms with Crippen LogP contribution in [0.25, 0.3) is 0 Å². The van der Waals surface area contributed by atoms with E-state index in [-0.39, 0.29) is 5.75 Å². The van der Waals surface area contributed by atoms with Crippen LogP contribution in [0.1, 0.15) is 13.8 Å². The molecule has 0 saturated heterocycles. The van der Waals surface area contributed by atoms with E-state index >= 15 is 0 Å². The first kappa shape index (κ1) is 16.9. The summed E-state index contributed by atoms with van der Waals surface area (Å²) in [5.41, 5.74) is 2.37. The fraction of sp³-hybridized carbons (Fsp3) is 0.364. The molecule has 0 radical (unpaired) electrons. The molecule has 1 unspecified atom stereocenters. The third-order valence-corrected chi connectivity index (χ3v) is 3.23. The van der Waals surface area contributed by atoms with Gasteiger partial charge in [-0.1, -0.05) is 0 Å². The highest BCUT2D eigenvalue weighted by Gasteiger charge is 2.30. The van der Waals surface area contributed by atoms with Crippen LogP contribution in [0.4, 0.5) is 4.39 Å². The van der Waals surface area contributed by atoms with Gasteiger partial charge in [0.25, 0.3) is 0 Å². The number of hydrogen-bond acceptors (Lipinski definition) is 6. The lowest BCUT2D eigenvalue weighted by Gasteiger charge is -2.16. The molecule has 0 fully saturated rings. The van der Waals surface area contributed by atoms with Crippen molar-refractivity contribution in [2.75, 3.05) is 6.61 Å². The number of carbonyl (C=O) groups excluding carboxylic acids is 1. The molecule has 6 nitrogen and oxygen atoms in total. The van der Waals surface area contributed by atoms with Crippen LogP contribution in [-0.2, 0) is 18.7 Å². The van der Waals surface area contributed by atoms with Crippen molar-refractivity contribution in [3.05, 3.63) is 30.1 Å². The number of hydroxylamine groups is 1. The van der Waals surface area contributed by atoms with Gasteiger partial charge in [-0.15, -0.1) is 0 Å². The lowest BCUT2D eigenvalue weighted by Crippen LogP contribution is -2.34. The van der Waals surface area contributed by atoms with E-state index in [1.54, 1.807) is 6.92 Å². The predicted octanol–water partition coefficient (Wildman–Crippen LogP) is 3.02. The van der Waals surface area contributed by atoms with Gasteiger partial charge in [-0.3, -0.25) is 0 Å².